The maximum absolute atomic E-state index is 13.8. The first kappa shape index (κ1) is 16.1. The molecule has 2 unspecified atom stereocenters. The number of carbonyl (C=O) groups excluding carboxylic acids is 1. The quantitative estimate of drug-likeness (QED) is 0.912. The molecule has 24 heavy (non-hydrogen) atoms. The van der Waals surface area contributed by atoms with Crippen LogP contribution in [-0.2, 0) is 0 Å². The lowest BCUT2D eigenvalue weighted by atomic mass is 9.80. The molecular formula is C20H27FN2O. The third kappa shape index (κ3) is 3.08. The van der Waals surface area contributed by atoms with Crippen LogP contribution in [0, 0.1) is 5.82 Å². The average Bonchev–Trinajstić information content (AvgIpc) is 3.08. The van der Waals surface area contributed by atoms with Crippen LogP contribution in [0.3, 0.4) is 0 Å². The van der Waals surface area contributed by atoms with Gasteiger partial charge in [-0.25, -0.2) is 4.39 Å². The van der Waals surface area contributed by atoms with Crippen molar-refractivity contribution in [2.24, 2.45) is 0 Å². The molecule has 4 rings (SSSR count). The van der Waals surface area contributed by atoms with E-state index in [2.05, 4.69) is 10.2 Å². The molecule has 2 saturated heterocycles. The van der Waals surface area contributed by atoms with Crippen LogP contribution in [0.4, 0.5) is 4.39 Å². The zero-order valence-corrected chi connectivity index (χ0v) is 14.2. The highest BCUT2D eigenvalue weighted by Crippen LogP contribution is 2.39. The summed E-state index contributed by atoms with van der Waals surface area (Å²) in [4.78, 5) is 15.2. The third-order valence-corrected chi connectivity index (χ3v) is 6.23. The van der Waals surface area contributed by atoms with Crippen LogP contribution in [0.1, 0.15) is 68.1 Å². The Morgan fingerprint density at radius 3 is 2.25 bits per heavy atom. The molecule has 0 radical (unpaired) electrons. The maximum atomic E-state index is 13.8. The van der Waals surface area contributed by atoms with Gasteiger partial charge in [0.1, 0.15) is 5.82 Å². The van der Waals surface area contributed by atoms with Crippen molar-refractivity contribution < 1.29 is 9.18 Å². The molecule has 4 heteroatoms. The van der Waals surface area contributed by atoms with E-state index in [1.165, 1.54) is 51.0 Å². The predicted octanol–water partition coefficient (Wildman–Crippen LogP) is 3.88. The lowest BCUT2D eigenvalue weighted by Gasteiger charge is -2.51. The Balaban J connectivity index is 1.43. The van der Waals surface area contributed by atoms with Gasteiger partial charge in [0.05, 0.1) is 5.56 Å². The van der Waals surface area contributed by atoms with Gasteiger partial charge in [0.25, 0.3) is 5.91 Å². The Morgan fingerprint density at radius 2 is 1.58 bits per heavy atom. The number of benzene rings is 1. The number of halogens is 1. The Kier molecular flexibility index (Phi) is 4.57. The van der Waals surface area contributed by atoms with Gasteiger partial charge in [-0.2, -0.15) is 0 Å². The second-order valence-electron chi connectivity index (χ2n) is 7.75. The van der Waals surface area contributed by atoms with Crippen molar-refractivity contribution in [1.82, 2.24) is 10.2 Å². The van der Waals surface area contributed by atoms with E-state index in [-0.39, 0.29) is 17.5 Å². The number of hydrogen-bond acceptors (Lipinski definition) is 2. The number of amides is 1. The molecule has 1 aromatic rings. The first-order chi connectivity index (χ1) is 11.7. The van der Waals surface area contributed by atoms with Crippen molar-refractivity contribution in [2.45, 2.75) is 82.0 Å². The summed E-state index contributed by atoms with van der Waals surface area (Å²) in [5, 5.41) is 3.11. The highest BCUT2D eigenvalue weighted by atomic mass is 19.1. The van der Waals surface area contributed by atoms with Gasteiger partial charge in [-0.1, -0.05) is 31.4 Å². The first-order valence-corrected chi connectivity index (χ1v) is 9.55. The summed E-state index contributed by atoms with van der Waals surface area (Å²) in [7, 11) is 0. The molecule has 1 saturated carbocycles. The fourth-order valence-corrected chi connectivity index (χ4v) is 5.24. The average molecular weight is 330 g/mol. The second-order valence-corrected chi connectivity index (χ2v) is 7.75. The molecule has 0 aromatic heterocycles. The van der Waals surface area contributed by atoms with Crippen LogP contribution in [0.15, 0.2) is 24.3 Å². The summed E-state index contributed by atoms with van der Waals surface area (Å²) in [6, 6.07) is 8.42. The van der Waals surface area contributed by atoms with Gasteiger partial charge in [0, 0.05) is 24.2 Å². The van der Waals surface area contributed by atoms with E-state index in [9.17, 15) is 9.18 Å². The molecule has 1 aliphatic carbocycles. The first-order valence-electron chi connectivity index (χ1n) is 9.55. The van der Waals surface area contributed by atoms with E-state index in [1.807, 2.05) is 0 Å². The van der Waals surface area contributed by atoms with Gasteiger partial charge in [0.2, 0.25) is 0 Å². The van der Waals surface area contributed by atoms with Crippen LogP contribution in [-0.4, -0.2) is 35.0 Å². The van der Waals surface area contributed by atoms with Crippen molar-refractivity contribution in [3.05, 3.63) is 35.6 Å². The predicted molar refractivity (Wildman–Crippen MR) is 92.4 cm³/mol. The number of nitrogens with one attached hydrogen (secondary N) is 1. The highest BCUT2D eigenvalue weighted by molar-refractivity contribution is 5.94. The molecule has 130 valence electrons. The standard InChI is InChI=1S/C20H27FN2O/c21-19-11-4-3-10-18(19)20(24)22-14-12-16-8-5-9-17(13-14)23(16)15-6-1-2-7-15/h3-4,10-11,14-17H,1-2,5-9,12-13H2,(H,22,24). The smallest absolute Gasteiger partial charge is 0.254 e. The molecule has 2 aliphatic heterocycles. The lowest BCUT2D eigenvalue weighted by Crippen LogP contribution is -2.59. The zero-order valence-electron chi connectivity index (χ0n) is 14.2. The van der Waals surface area contributed by atoms with Crippen molar-refractivity contribution in [3.8, 4) is 0 Å². The molecule has 0 spiro atoms. The van der Waals surface area contributed by atoms with E-state index in [1.54, 1.807) is 18.2 Å². The SMILES string of the molecule is O=C(NC1CC2CCCC(C1)N2C1CCCC1)c1ccccc1F. The van der Waals surface area contributed by atoms with Gasteiger partial charge < -0.3 is 5.32 Å². The van der Waals surface area contributed by atoms with Crippen LogP contribution in [0.5, 0.6) is 0 Å². The zero-order chi connectivity index (χ0) is 16.5. The maximum Gasteiger partial charge on any atom is 0.254 e. The van der Waals surface area contributed by atoms with E-state index in [0.29, 0.717) is 12.1 Å². The molecule has 1 amide bonds. The van der Waals surface area contributed by atoms with Gasteiger partial charge in [0.15, 0.2) is 0 Å². The third-order valence-electron chi connectivity index (χ3n) is 6.23. The monoisotopic (exact) mass is 330 g/mol. The molecule has 3 nitrogen and oxygen atoms in total. The molecular weight excluding hydrogens is 303 g/mol. The van der Waals surface area contributed by atoms with Gasteiger partial charge in [-0.05, 0) is 50.7 Å². The molecule has 3 fully saturated rings. The van der Waals surface area contributed by atoms with Crippen molar-refractivity contribution in [1.29, 1.82) is 0 Å². The van der Waals surface area contributed by atoms with E-state index in [4.69, 9.17) is 0 Å². The number of fused-ring (bicyclic) bond motifs is 2. The van der Waals surface area contributed by atoms with Gasteiger partial charge >= 0.3 is 0 Å². The van der Waals surface area contributed by atoms with E-state index in [0.717, 1.165) is 18.9 Å². The van der Waals surface area contributed by atoms with Crippen LogP contribution in [0.2, 0.25) is 0 Å². The molecule has 1 aromatic carbocycles. The minimum absolute atomic E-state index is 0.167. The summed E-state index contributed by atoms with van der Waals surface area (Å²) >= 11 is 0. The van der Waals surface area contributed by atoms with Crippen molar-refractivity contribution in [3.63, 3.8) is 0 Å². The Morgan fingerprint density at radius 1 is 0.958 bits per heavy atom. The number of carbonyl (C=O) groups is 1. The fraction of sp³-hybridized carbons (Fsp3) is 0.650. The van der Waals surface area contributed by atoms with Crippen molar-refractivity contribution in [2.75, 3.05) is 0 Å². The van der Waals surface area contributed by atoms with Crippen LogP contribution < -0.4 is 5.32 Å². The molecule has 1 N–H and O–H groups in total. The van der Waals surface area contributed by atoms with Crippen LogP contribution in [0.25, 0.3) is 0 Å². The molecule has 2 heterocycles. The second kappa shape index (κ2) is 6.83. The largest absolute Gasteiger partial charge is 0.349 e. The normalized spacial score (nSPS) is 31.1. The van der Waals surface area contributed by atoms with Crippen LogP contribution >= 0.6 is 0 Å². The summed E-state index contributed by atoms with van der Waals surface area (Å²) in [6.07, 6.45) is 11.3. The van der Waals surface area contributed by atoms with E-state index < -0.39 is 5.82 Å². The highest BCUT2D eigenvalue weighted by Gasteiger charge is 2.42. The van der Waals surface area contributed by atoms with E-state index >= 15 is 0 Å². The summed E-state index contributed by atoms with van der Waals surface area (Å²) < 4.78 is 13.8. The van der Waals surface area contributed by atoms with Gasteiger partial charge in [-0.15, -0.1) is 0 Å². The lowest BCUT2D eigenvalue weighted by molar-refractivity contribution is -0.00809. The molecule has 2 bridgehead atoms. The minimum Gasteiger partial charge on any atom is -0.349 e. The Labute approximate surface area is 143 Å². The summed E-state index contributed by atoms with van der Waals surface area (Å²) in [6.45, 7) is 0. The number of rotatable bonds is 3. The topological polar surface area (TPSA) is 32.3 Å². The Hall–Kier alpha value is -1.42. The molecule has 2 atom stereocenters. The molecule has 3 aliphatic rings. The van der Waals surface area contributed by atoms with Gasteiger partial charge in [-0.3, -0.25) is 9.69 Å². The van der Waals surface area contributed by atoms with Crippen molar-refractivity contribution >= 4 is 5.91 Å². The summed E-state index contributed by atoms with van der Waals surface area (Å²) in [5.41, 5.74) is 0.167. The number of hydrogen-bond donors (Lipinski definition) is 1. The number of piperidine rings is 2. The minimum atomic E-state index is -0.432. The Bertz CT molecular complexity index is 585. The number of nitrogens with zero attached hydrogens (tertiary/aromatic N) is 1. The fourth-order valence-electron chi connectivity index (χ4n) is 5.24. The summed E-state index contributed by atoms with van der Waals surface area (Å²) in [5.74, 6) is -0.691.